The zero-order valence-corrected chi connectivity index (χ0v) is 8.54. The largest absolute Gasteiger partial charge is 0.410 e. The Morgan fingerprint density at radius 3 is 2.81 bits per heavy atom. The van der Waals surface area contributed by atoms with E-state index in [1.54, 1.807) is 18.2 Å². The van der Waals surface area contributed by atoms with Gasteiger partial charge in [-0.15, -0.1) is 0 Å². The van der Waals surface area contributed by atoms with E-state index in [2.05, 4.69) is 10.3 Å². The fraction of sp³-hybridized carbons (Fsp3) is 0.500. The Balaban J connectivity index is 2.24. The number of hydrogen-bond donors (Lipinski definition) is 1. The number of rotatable bonds is 1. The van der Waals surface area contributed by atoms with Crippen molar-refractivity contribution >= 4 is 5.82 Å². The third-order valence-corrected chi connectivity index (χ3v) is 2.56. The molecule has 2 rings (SSSR count). The van der Waals surface area contributed by atoms with Gasteiger partial charge in [-0.1, -0.05) is 6.07 Å². The molecule has 1 fully saturated rings. The molecule has 0 aliphatic carbocycles. The molecule has 2 heterocycles. The van der Waals surface area contributed by atoms with Crippen molar-refractivity contribution in [3.63, 3.8) is 0 Å². The van der Waals surface area contributed by atoms with E-state index in [0.717, 1.165) is 0 Å². The number of nitrogens with one attached hydrogen (secondary N) is 1. The van der Waals surface area contributed by atoms with Crippen molar-refractivity contribution in [2.75, 3.05) is 24.5 Å². The molecular weight excluding hydrogens is 219 g/mol. The fourth-order valence-electron chi connectivity index (χ4n) is 1.79. The second-order valence-electron chi connectivity index (χ2n) is 3.64. The number of piperazine rings is 1. The van der Waals surface area contributed by atoms with Gasteiger partial charge in [0, 0.05) is 25.8 Å². The van der Waals surface area contributed by atoms with Crippen LogP contribution in [-0.2, 0) is 0 Å². The summed E-state index contributed by atoms with van der Waals surface area (Å²) in [6, 6.07) is 3.49. The summed E-state index contributed by atoms with van der Waals surface area (Å²) in [5.41, 5.74) is 0. The lowest BCUT2D eigenvalue weighted by molar-refractivity contribution is -0.149. The Kier molecular flexibility index (Phi) is 3.00. The lowest BCUT2D eigenvalue weighted by Crippen LogP contribution is -2.58. The van der Waals surface area contributed by atoms with Gasteiger partial charge in [0.15, 0.2) is 0 Å². The fourth-order valence-corrected chi connectivity index (χ4v) is 1.79. The van der Waals surface area contributed by atoms with Crippen molar-refractivity contribution < 1.29 is 13.2 Å². The Morgan fingerprint density at radius 2 is 2.19 bits per heavy atom. The molecule has 88 valence electrons. The zero-order valence-electron chi connectivity index (χ0n) is 8.54. The van der Waals surface area contributed by atoms with Crippen molar-refractivity contribution in [3.8, 4) is 0 Å². The van der Waals surface area contributed by atoms with Crippen LogP contribution in [0.4, 0.5) is 19.0 Å². The van der Waals surface area contributed by atoms with Crippen LogP contribution in [0.25, 0.3) is 0 Å². The SMILES string of the molecule is FC(F)(F)C1CNCCN1c1ccccn1. The van der Waals surface area contributed by atoms with Crippen molar-refractivity contribution in [1.82, 2.24) is 10.3 Å². The van der Waals surface area contributed by atoms with Crippen molar-refractivity contribution in [1.29, 1.82) is 0 Å². The number of nitrogens with zero attached hydrogens (tertiary/aromatic N) is 2. The first kappa shape index (κ1) is 11.2. The number of halogens is 3. The van der Waals surface area contributed by atoms with Crippen LogP contribution in [0.15, 0.2) is 24.4 Å². The minimum absolute atomic E-state index is 0.0833. The van der Waals surface area contributed by atoms with Crippen LogP contribution < -0.4 is 10.2 Å². The van der Waals surface area contributed by atoms with Gasteiger partial charge in [0.05, 0.1) is 0 Å². The highest BCUT2D eigenvalue weighted by molar-refractivity contribution is 5.40. The Morgan fingerprint density at radius 1 is 1.38 bits per heavy atom. The molecule has 1 aliphatic rings. The van der Waals surface area contributed by atoms with E-state index < -0.39 is 12.2 Å². The van der Waals surface area contributed by atoms with Crippen LogP contribution in [-0.4, -0.2) is 36.8 Å². The van der Waals surface area contributed by atoms with Crippen LogP contribution in [0.3, 0.4) is 0 Å². The number of pyridine rings is 1. The molecule has 0 amide bonds. The standard InChI is InChI=1S/C10H12F3N3/c11-10(12,13)8-7-14-5-6-16(8)9-3-1-2-4-15-9/h1-4,8,14H,5-7H2. The summed E-state index contributed by atoms with van der Waals surface area (Å²) in [6.07, 6.45) is -2.73. The number of anilines is 1. The number of hydrogen-bond acceptors (Lipinski definition) is 3. The van der Waals surface area contributed by atoms with E-state index in [4.69, 9.17) is 0 Å². The maximum absolute atomic E-state index is 12.8. The van der Waals surface area contributed by atoms with E-state index in [1.165, 1.54) is 11.1 Å². The van der Waals surface area contributed by atoms with Crippen molar-refractivity contribution in [3.05, 3.63) is 24.4 Å². The van der Waals surface area contributed by atoms with Gasteiger partial charge >= 0.3 is 6.18 Å². The molecule has 0 radical (unpaired) electrons. The average molecular weight is 231 g/mol. The van der Waals surface area contributed by atoms with E-state index in [0.29, 0.717) is 18.9 Å². The van der Waals surface area contributed by atoms with E-state index >= 15 is 0 Å². The van der Waals surface area contributed by atoms with E-state index in [-0.39, 0.29) is 6.54 Å². The van der Waals surface area contributed by atoms with E-state index in [1.807, 2.05) is 0 Å². The molecule has 0 saturated carbocycles. The molecule has 1 aromatic rings. The van der Waals surface area contributed by atoms with Gasteiger partial charge in [-0.2, -0.15) is 13.2 Å². The first-order chi connectivity index (χ1) is 7.59. The highest BCUT2D eigenvalue weighted by Gasteiger charge is 2.45. The molecule has 0 aromatic carbocycles. The van der Waals surface area contributed by atoms with Gasteiger partial charge in [-0.25, -0.2) is 4.98 Å². The summed E-state index contributed by atoms with van der Waals surface area (Å²) in [5, 5.41) is 2.75. The normalized spacial score (nSPS) is 22.2. The minimum atomic E-state index is -4.23. The smallest absolute Gasteiger partial charge is 0.342 e. The van der Waals surface area contributed by atoms with Crippen LogP contribution in [0, 0.1) is 0 Å². The maximum atomic E-state index is 12.8. The highest BCUT2D eigenvalue weighted by atomic mass is 19.4. The molecule has 6 heteroatoms. The molecule has 1 N–H and O–H groups in total. The summed E-state index contributed by atoms with van der Waals surface area (Å²) in [4.78, 5) is 5.27. The molecule has 0 spiro atoms. The Bertz CT molecular complexity index is 339. The lowest BCUT2D eigenvalue weighted by atomic mass is 10.2. The zero-order chi connectivity index (χ0) is 11.6. The van der Waals surface area contributed by atoms with Gasteiger partial charge in [0.25, 0.3) is 0 Å². The molecule has 1 aromatic heterocycles. The molecule has 1 atom stereocenters. The van der Waals surface area contributed by atoms with Crippen molar-refractivity contribution in [2.24, 2.45) is 0 Å². The summed E-state index contributed by atoms with van der Waals surface area (Å²) < 4.78 is 38.3. The topological polar surface area (TPSA) is 28.2 Å². The molecule has 3 nitrogen and oxygen atoms in total. The molecule has 0 bridgehead atoms. The van der Waals surface area contributed by atoms with Gasteiger partial charge < -0.3 is 10.2 Å². The van der Waals surface area contributed by atoms with Gasteiger partial charge in [-0.3, -0.25) is 0 Å². The summed E-state index contributed by atoms with van der Waals surface area (Å²) in [5.74, 6) is 0.381. The van der Waals surface area contributed by atoms with Crippen LogP contribution in [0.1, 0.15) is 0 Å². The summed E-state index contributed by atoms with van der Waals surface area (Å²) in [6.45, 7) is 0.782. The summed E-state index contributed by atoms with van der Waals surface area (Å²) >= 11 is 0. The first-order valence-corrected chi connectivity index (χ1v) is 5.04. The minimum Gasteiger partial charge on any atom is -0.342 e. The van der Waals surface area contributed by atoms with Gasteiger partial charge in [-0.05, 0) is 12.1 Å². The van der Waals surface area contributed by atoms with Crippen LogP contribution in [0.2, 0.25) is 0 Å². The molecule has 1 aliphatic heterocycles. The monoisotopic (exact) mass is 231 g/mol. The first-order valence-electron chi connectivity index (χ1n) is 5.04. The number of alkyl halides is 3. The maximum Gasteiger partial charge on any atom is 0.410 e. The molecule has 1 unspecified atom stereocenters. The quantitative estimate of drug-likeness (QED) is 0.792. The lowest BCUT2D eigenvalue weighted by Gasteiger charge is -2.37. The predicted octanol–water partition coefficient (Wildman–Crippen LogP) is 1.42. The molecular formula is C10H12F3N3. The van der Waals surface area contributed by atoms with Crippen LogP contribution >= 0.6 is 0 Å². The second-order valence-corrected chi connectivity index (χ2v) is 3.64. The Hall–Kier alpha value is -1.30. The van der Waals surface area contributed by atoms with Crippen molar-refractivity contribution in [2.45, 2.75) is 12.2 Å². The molecule has 16 heavy (non-hydrogen) atoms. The highest BCUT2D eigenvalue weighted by Crippen LogP contribution is 2.28. The van der Waals surface area contributed by atoms with Gasteiger partial charge in [0.1, 0.15) is 11.9 Å². The number of aromatic nitrogens is 1. The molecule has 1 saturated heterocycles. The third kappa shape index (κ3) is 2.27. The average Bonchev–Trinajstić information content (AvgIpc) is 2.29. The van der Waals surface area contributed by atoms with Crippen LogP contribution in [0.5, 0.6) is 0 Å². The Labute approximate surface area is 91.3 Å². The van der Waals surface area contributed by atoms with Gasteiger partial charge in [0.2, 0.25) is 0 Å². The predicted molar refractivity (Wildman–Crippen MR) is 54.3 cm³/mol. The third-order valence-electron chi connectivity index (χ3n) is 2.56. The second kappa shape index (κ2) is 4.29. The van der Waals surface area contributed by atoms with E-state index in [9.17, 15) is 13.2 Å². The summed E-state index contributed by atoms with van der Waals surface area (Å²) in [7, 11) is 0.